The molecule has 1 heterocycles. The molecule has 0 bridgehead atoms. The molecule has 40 valence electrons. The highest BCUT2D eigenvalue weighted by molar-refractivity contribution is 5.11. The first-order valence-electron chi connectivity index (χ1n) is 2.38. The third-order valence-corrected chi connectivity index (χ3v) is 0.705. The van der Waals surface area contributed by atoms with E-state index in [0.717, 1.165) is 0 Å². The van der Waals surface area contributed by atoms with E-state index in [1.165, 1.54) is 0 Å². The van der Waals surface area contributed by atoms with E-state index in [-0.39, 0.29) is 0 Å². The Balaban J connectivity index is 2.67. The predicted octanol–water partition coefficient (Wildman–Crippen LogP) is 2.04. The van der Waals surface area contributed by atoms with Crippen molar-refractivity contribution < 1.29 is 0 Å². The van der Waals surface area contributed by atoms with Gasteiger partial charge in [-0.05, 0) is 12.2 Å². The van der Waals surface area contributed by atoms with Crippen LogP contribution >= 0.6 is 0 Å². The maximum atomic E-state index is 3.64. The van der Waals surface area contributed by atoms with Crippen molar-refractivity contribution in [3.8, 4) is 0 Å². The van der Waals surface area contributed by atoms with Gasteiger partial charge in [0.2, 0.25) is 0 Å². The molecule has 0 spiro atoms. The largest absolute Gasteiger partial charge is 0.159 e. The molecule has 0 amide bonds. The van der Waals surface area contributed by atoms with Crippen molar-refractivity contribution in [2.24, 2.45) is 10.2 Å². The molecule has 0 unspecified atom stereocenters. The summed E-state index contributed by atoms with van der Waals surface area (Å²) in [5, 5.41) is 7.27. The van der Waals surface area contributed by atoms with Crippen LogP contribution in [0.5, 0.6) is 0 Å². The molecule has 0 N–H and O–H groups in total. The normalized spacial score (nSPS) is 16.0. The van der Waals surface area contributed by atoms with Crippen molar-refractivity contribution in [3.63, 3.8) is 0 Å². The SMILES string of the molecule is C1=CC=CN=NC=C1. The molecule has 0 saturated carbocycles. The summed E-state index contributed by atoms with van der Waals surface area (Å²) in [4.78, 5) is 0. The molecule has 2 nitrogen and oxygen atoms in total. The van der Waals surface area contributed by atoms with Gasteiger partial charge in [-0.2, -0.15) is 10.2 Å². The van der Waals surface area contributed by atoms with E-state index in [9.17, 15) is 0 Å². The molecule has 2 heteroatoms. The van der Waals surface area contributed by atoms with Gasteiger partial charge in [0, 0.05) is 12.4 Å². The Morgan fingerprint density at radius 2 is 1.12 bits per heavy atom. The number of azo groups is 1. The van der Waals surface area contributed by atoms with Gasteiger partial charge in [0.25, 0.3) is 0 Å². The summed E-state index contributed by atoms with van der Waals surface area (Å²) in [6.45, 7) is 0. The maximum Gasteiger partial charge on any atom is 0.0495 e. The monoisotopic (exact) mass is 106 g/mol. The fourth-order valence-corrected chi connectivity index (χ4v) is 0.382. The molecular formula is C6H6N2. The van der Waals surface area contributed by atoms with E-state index in [2.05, 4.69) is 10.2 Å². The van der Waals surface area contributed by atoms with Crippen molar-refractivity contribution in [2.45, 2.75) is 0 Å². The van der Waals surface area contributed by atoms with E-state index < -0.39 is 0 Å². The minimum absolute atomic E-state index is 1.64. The molecule has 0 aromatic carbocycles. The zero-order valence-corrected chi connectivity index (χ0v) is 4.36. The summed E-state index contributed by atoms with van der Waals surface area (Å²) in [7, 11) is 0. The van der Waals surface area contributed by atoms with Crippen molar-refractivity contribution in [1.82, 2.24) is 0 Å². The topological polar surface area (TPSA) is 24.7 Å². The van der Waals surface area contributed by atoms with Gasteiger partial charge in [-0.1, -0.05) is 12.2 Å². The van der Waals surface area contributed by atoms with Crippen LogP contribution in [0.25, 0.3) is 0 Å². The first-order chi connectivity index (χ1) is 4.00. The fourth-order valence-electron chi connectivity index (χ4n) is 0.382. The third kappa shape index (κ3) is 1.51. The van der Waals surface area contributed by atoms with Crippen LogP contribution in [0.1, 0.15) is 0 Å². The van der Waals surface area contributed by atoms with Gasteiger partial charge < -0.3 is 0 Å². The lowest BCUT2D eigenvalue weighted by Gasteiger charge is -1.76. The Morgan fingerprint density at radius 3 is 1.62 bits per heavy atom. The molecule has 0 aromatic rings. The Hall–Kier alpha value is -1.18. The molecule has 0 saturated heterocycles. The highest BCUT2D eigenvalue weighted by Gasteiger charge is 1.66. The predicted molar refractivity (Wildman–Crippen MR) is 32.3 cm³/mol. The van der Waals surface area contributed by atoms with Gasteiger partial charge >= 0.3 is 0 Å². The number of rotatable bonds is 0. The van der Waals surface area contributed by atoms with Crippen LogP contribution in [0.15, 0.2) is 46.9 Å². The number of allylic oxidation sites excluding steroid dienone is 4. The lowest BCUT2D eigenvalue weighted by molar-refractivity contribution is 1.22. The average molecular weight is 106 g/mol. The highest BCUT2D eigenvalue weighted by atomic mass is 15.1. The van der Waals surface area contributed by atoms with Crippen LogP contribution in [-0.4, -0.2) is 0 Å². The molecule has 0 fully saturated rings. The lowest BCUT2D eigenvalue weighted by atomic mass is 10.4. The number of hydrogen-bond acceptors (Lipinski definition) is 2. The zero-order valence-electron chi connectivity index (χ0n) is 4.36. The highest BCUT2D eigenvalue weighted by Crippen LogP contribution is 1.87. The van der Waals surface area contributed by atoms with Crippen molar-refractivity contribution >= 4 is 0 Å². The van der Waals surface area contributed by atoms with E-state index >= 15 is 0 Å². The van der Waals surface area contributed by atoms with Crippen molar-refractivity contribution in [3.05, 3.63) is 36.7 Å². The second-order valence-electron chi connectivity index (χ2n) is 1.30. The fraction of sp³-hybridized carbons (Fsp3) is 0. The molecule has 0 aliphatic carbocycles. The second-order valence-corrected chi connectivity index (χ2v) is 1.30. The minimum atomic E-state index is 1.64. The van der Waals surface area contributed by atoms with Gasteiger partial charge in [-0.25, -0.2) is 0 Å². The summed E-state index contributed by atoms with van der Waals surface area (Å²) in [5.74, 6) is 0. The van der Waals surface area contributed by atoms with Crippen LogP contribution < -0.4 is 0 Å². The second kappa shape index (κ2) is 2.91. The standard InChI is InChI=1S/C6H6N2/c1-2-4-6-8-7-5-3-1/h1-6H. The van der Waals surface area contributed by atoms with Gasteiger partial charge in [0.05, 0.1) is 0 Å². The van der Waals surface area contributed by atoms with Crippen LogP contribution in [0, 0.1) is 0 Å². The Bertz CT molecular complexity index is 107. The number of hydrogen-bond donors (Lipinski definition) is 0. The van der Waals surface area contributed by atoms with E-state index in [0.29, 0.717) is 0 Å². The van der Waals surface area contributed by atoms with Gasteiger partial charge in [0.15, 0.2) is 0 Å². The van der Waals surface area contributed by atoms with E-state index in [1.54, 1.807) is 12.4 Å². The molecular weight excluding hydrogens is 100 g/mol. The summed E-state index contributed by atoms with van der Waals surface area (Å²) in [5.41, 5.74) is 0. The lowest BCUT2D eigenvalue weighted by Crippen LogP contribution is -1.54. The van der Waals surface area contributed by atoms with E-state index in [1.807, 2.05) is 24.3 Å². The smallest absolute Gasteiger partial charge is 0.0495 e. The molecule has 0 radical (unpaired) electrons. The Morgan fingerprint density at radius 1 is 0.625 bits per heavy atom. The molecule has 1 aliphatic rings. The summed E-state index contributed by atoms with van der Waals surface area (Å²) in [6, 6.07) is 0. The third-order valence-electron chi connectivity index (χ3n) is 0.705. The van der Waals surface area contributed by atoms with E-state index in [4.69, 9.17) is 0 Å². The van der Waals surface area contributed by atoms with Gasteiger partial charge in [0.1, 0.15) is 0 Å². The summed E-state index contributed by atoms with van der Waals surface area (Å²) >= 11 is 0. The quantitative estimate of drug-likeness (QED) is 0.451. The maximum absolute atomic E-state index is 3.64. The van der Waals surface area contributed by atoms with Crippen LogP contribution in [0.2, 0.25) is 0 Å². The minimum Gasteiger partial charge on any atom is -0.159 e. The molecule has 8 heavy (non-hydrogen) atoms. The first-order valence-corrected chi connectivity index (χ1v) is 2.38. The van der Waals surface area contributed by atoms with Crippen LogP contribution in [0.3, 0.4) is 0 Å². The summed E-state index contributed by atoms with van der Waals surface area (Å²) < 4.78 is 0. The van der Waals surface area contributed by atoms with Crippen LogP contribution in [-0.2, 0) is 0 Å². The number of nitrogens with zero attached hydrogens (tertiary/aromatic N) is 2. The van der Waals surface area contributed by atoms with Crippen molar-refractivity contribution in [2.75, 3.05) is 0 Å². The molecule has 0 atom stereocenters. The first kappa shape index (κ1) is 4.97. The molecule has 1 aliphatic heterocycles. The Kier molecular flexibility index (Phi) is 1.80. The van der Waals surface area contributed by atoms with Gasteiger partial charge in [-0.15, -0.1) is 0 Å². The molecule has 1 rings (SSSR count). The zero-order chi connectivity index (χ0) is 5.66. The van der Waals surface area contributed by atoms with Gasteiger partial charge in [-0.3, -0.25) is 0 Å². The Labute approximate surface area is 47.9 Å². The van der Waals surface area contributed by atoms with Crippen LogP contribution in [0.4, 0.5) is 0 Å². The van der Waals surface area contributed by atoms with Crippen molar-refractivity contribution in [1.29, 1.82) is 0 Å². The average Bonchev–Trinajstić information content (AvgIpc) is 1.62. The summed E-state index contributed by atoms with van der Waals surface area (Å²) in [6.07, 6.45) is 10.7. The molecule has 0 aromatic heterocycles.